The molecular weight excluding hydrogens is 286 g/mol. The number of hydrogen-bond acceptors (Lipinski definition) is 8. The molecule has 2 N–H and O–H groups in total. The van der Waals surface area contributed by atoms with Crippen molar-refractivity contribution in [3.8, 4) is 0 Å². The number of aromatic nitrogens is 4. The van der Waals surface area contributed by atoms with Crippen molar-refractivity contribution in [3.05, 3.63) is 0 Å². The Hall–Kier alpha value is -1.68. The van der Waals surface area contributed by atoms with Gasteiger partial charge in [-0.05, 0) is 23.3 Å². The molecule has 1 unspecified atom stereocenters. The number of amides is 1. The molecule has 0 radical (unpaired) electrons. The van der Waals surface area contributed by atoms with E-state index in [0.717, 1.165) is 12.8 Å². The van der Waals surface area contributed by atoms with E-state index in [0.29, 0.717) is 11.2 Å². The van der Waals surface area contributed by atoms with E-state index in [1.165, 1.54) is 18.9 Å². The van der Waals surface area contributed by atoms with Gasteiger partial charge in [-0.15, -0.1) is 5.10 Å². The summed E-state index contributed by atoms with van der Waals surface area (Å²) in [6.45, 7) is -0.181. The number of carbonyl (C=O) groups excluding carboxylic acids is 2. The standard InChI is InChI=1S/C10H15N5O4S/c1-19-9(18)7(16)4-11-8(17)5-20-10-12-13-14-15(10)6-2-3-6/h6-7,16H,2-5H2,1H3,(H,11,17). The number of aliphatic hydroxyl groups is 1. The number of aliphatic hydroxyl groups excluding tert-OH is 1. The molecule has 110 valence electrons. The Morgan fingerprint density at radius 1 is 1.60 bits per heavy atom. The van der Waals surface area contributed by atoms with Gasteiger partial charge in [0.15, 0.2) is 6.10 Å². The average molecular weight is 301 g/mol. The molecule has 0 aromatic carbocycles. The number of esters is 1. The number of nitrogens with zero attached hydrogens (tertiary/aromatic N) is 4. The highest BCUT2D eigenvalue weighted by atomic mass is 32.2. The molecule has 20 heavy (non-hydrogen) atoms. The minimum absolute atomic E-state index is 0.112. The third kappa shape index (κ3) is 3.90. The SMILES string of the molecule is COC(=O)C(O)CNC(=O)CSc1nnnn1C1CC1. The van der Waals surface area contributed by atoms with Gasteiger partial charge in [0.1, 0.15) is 0 Å². The predicted octanol–water partition coefficient (Wildman–Crippen LogP) is -1.25. The highest BCUT2D eigenvalue weighted by Gasteiger charge is 2.28. The first-order chi connectivity index (χ1) is 9.61. The summed E-state index contributed by atoms with van der Waals surface area (Å²) in [6, 6.07) is 0.344. The zero-order valence-corrected chi connectivity index (χ0v) is 11.7. The monoisotopic (exact) mass is 301 g/mol. The molecule has 2 rings (SSSR count). The fourth-order valence-corrected chi connectivity index (χ4v) is 2.21. The van der Waals surface area contributed by atoms with Crippen LogP contribution in [0.3, 0.4) is 0 Å². The molecule has 0 bridgehead atoms. The van der Waals surface area contributed by atoms with Gasteiger partial charge >= 0.3 is 5.97 Å². The van der Waals surface area contributed by atoms with Crippen LogP contribution in [0.1, 0.15) is 18.9 Å². The summed E-state index contributed by atoms with van der Waals surface area (Å²) in [5.41, 5.74) is 0. The number of hydrogen-bond donors (Lipinski definition) is 2. The molecular formula is C10H15N5O4S. The Bertz CT molecular complexity index is 490. The first-order valence-electron chi connectivity index (χ1n) is 6.05. The van der Waals surface area contributed by atoms with Crippen molar-refractivity contribution in [2.24, 2.45) is 0 Å². The van der Waals surface area contributed by atoms with E-state index in [-0.39, 0.29) is 18.2 Å². The van der Waals surface area contributed by atoms with Gasteiger partial charge in [-0.3, -0.25) is 4.79 Å². The molecule has 1 aromatic heterocycles. The number of methoxy groups -OCH3 is 1. The molecule has 0 aliphatic heterocycles. The van der Waals surface area contributed by atoms with Crippen LogP contribution in [0.5, 0.6) is 0 Å². The molecule has 1 heterocycles. The first-order valence-corrected chi connectivity index (χ1v) is 7.03. The molecule has 1 aromatic rings. The Labute approximate surface area is 119 Å². The van der Waals surface area contributed by atoms with Crippen molar-refractivity contribution in [1.29, 1.82) is 0 Å². The lowest BCUT2D eigenvalue weighted by Crippen LogP contribution is -2.38. The van der Waals surface area contributed by atoms with E-state index < -0.39 is 12.1 Å². The lowest BCUT2D eigenvalue weighted by atomic mass is 10.3. The van der Waals surface area contributed by atoms with Crippen LogP contribution in [-0.4, -0.2) is 62.7 Å². The van der Waals surface area contributed by atoms with Gasteiger partial charge in [-0.25, -0.2) is 9.48 Å². The third-order valence-electron chi connectivity index (χ3n) is 2.65. The van der Waals surface area contributed by atoms with Gasteiger partial charge in [0.2, 0.25) is 11.1 Å². The lowest BCUT2D eigenvalue weighted by Gasteiger charge is -2.09. The van der Waals surface area contributed by atoms with Crippen molar-refractivity contribution in [2.75, 3.05) is 19.4 Å². The summed E-state index contributed by atoms with van der Waals surface area (Å²) in [7, 11) is 1.17. The maximum absolute atomic E-state index is 11.6. The second-order valence-corrected chi connectivity index (χ2v) is 5.21. The number of thioether (sulfide) groups is 1. The number of carbonyl (C=O) groups is 2. The van der Waals surface area contributed by atoms with E-state index >= 15 is 0 Å². The molecule has 1 amide bonds. The van der Waals surface area contributed by atoms with Gasteiger partial charge < -0.3 is 15.2 Å². The number of rotatable bonds is 7. The maximum atomic E-state index is 11.6. The fraction of sp³-hybridized carbons (Fsp3) is 0.700. The van der Waals surface area contributed by atoms with Gasteiger partial charge in [0, 0.05) is 0 Å². The summed E-state index contributed by atoms with van der Waals surface area (Å²) in [5.74, 6) is -0.986. The van der Waals surface area contributed by atoms with Crippen LogP contribution >= 0.6 is 11.8 Å². The normalized spacial score (nSPS) is 15.7. The Morgan fingerprint density at radius 3 is 3.00 bits per heavy atom. The van der Waals surface area contributed by atoms with Crippen molar-refractivity contribution in [2.45, 2.75) is 30.1 Å². The molecule has 1 aliphatic rings. The zero-order chi connectivity index (χ0) is 14.5. The number of ether oxygens (including phenoxy) is 1. The minimum Gasteiger partial charge on any atom is -0.467 e. The van der Waals surface area contributed by atoms with E-state index in [9.17, 15) is 14.7 Å². The van der Waals surface area contributed by atoms with E-state index in [1.54, 1.807) is 4.68 Å². The molecule has 1 fully saturated rings. The van der Waals surface area contributed by atoms with Crippen LogP contribution in [0.15, 0.2) is 5.16 Å². The second kappa shape index (κ2) is 6.66. The van der Waals surface area contributed by atoms with Crippen LogP contribution in [0.4, 0.5) is 0 Å². The van der Waals surface area contributed by atoms with Crippen molar-refractivity contribution in [3.63, 3.8) is 0 Å². The van der Waals surface area contributed by atoms with Crippen molar-refractivity contribution < 1.29 is 19.4 Å². The summed E-state index contributed by atoms with van der Waals surface area (Å²) in [5, 5.41) is 23.6. The quantitative estimate of drug-likeness (QED) is 0.473. The molecule has 0 saturated heterocycles. The first kappa shape index (κ1) is 14.7. The highest BCUT2D eigenvalue weighted by molar-refractivity contribution is 7.99. The summed E-state index contributed by atoms with van der Waals surface area (Å²) < 4.78 is 6.05. The highest BCUT2D eigenvalue weighted by Crippen LogP contribution is 2.36. The zero-order valence-electron chi connectivity index (χ0n) is 10.9. The van der Waals surface area contributed by atoms with Crippen molar-refractivity contribution >= 4 is 23.6 Å². The predicted molar refractivity (Wildman–Crippen MR) is 67.8 cm³/mol. The van der Waals surface area contributed by atoms with Crippen molar-refractivity contribution in [1.82, 2.24) is 25.5 Å². The second-order valence-electron chi connectivity index (χ2n) is 4.27. The molecule has 1 atom stereocenters. The summed E-state index contributed by atoms with van der Waals surface area (Å²) in [4.78, 5) is 22.5. The molecule has 9 nitrogen and oxygen atoms in total. The Morgan fingerprint density at radius 2 is 2.35 bits per heavy atom. The minimum atomic E-state index is -1.36. The molecule has 1 saturated carbocycles. The van der Waals surface area contributed by atoms with E-state index in [2.05, 4.69) is 25.6 Å². The molecule has 10 heteroatoms. The Balaban J connectivity index is 1.72. The van der Waals surface area contributed by atoms with Gasteiger partial charge in [0.25, 0.3) is 0 Å². The lowest BCUT2D eigenvalue weighted by molar-refractivity contribution is -0.150. The largest absolute Gasteiger partial charge is 0.467 e. The average Bonchev–Trinajstić information content (AvgIpc) is 3.20. The number of nitrogens with one attached hydrogen (secondary N) is 1. The van der Waals surface area contributed by atoms with E-state index in [1.807, 2.05) is 0 Å². The van der Waals surface area contributed by atoms with Gasteiger partial charge in [0.05, 0.1) is 25.4 Å². The fourth-order valence-electron chi connectivity index (χ4n) is 1.44. The number of tetrazole rings is 1. The van der Waals surface area contributed by atoms with E-state index in [4.69, 9.17) is 0 Å². The third-order valence-corrected chi connectivity index (χ3v) is 3.59. The summed E-state index contributed by atoms with van der Waals surface area (Å²) >= 11 is 1.21. The van der Waals surface area contributed by atoms with Crippen LogP contribution in [0.25, 0.3) is 0 Å². The van der Waals surface area contributed by atoms with Crippen LogP contribution in [-0.2, 0) is 14.3 Å². The Kier molecular flexibility index (Phi) is 4.90. The maximum Gasteiger partial charge on any atom is 0.336 e. The topological polar surface area (TPSA) is 119 Å². The summed E-state index contributed by atoms with van der Waals surface area (Å²) in [6.07, 6.45) is 0.748. The molecule has 0 spiro atoms. The smallest absolute Gasteiger partial charge is 0.336 e. The van der Waals surface area contributed by atoms with Gasteiger partial charge in [-0.2, -0.15) is 0 Å². The van der Waals surface area contributed by atoms with Crippen LogP contribution < -0.4 is 5.32 Å². The van der Waals surface area contributed by atoms with Gasteiger partial charge in [-0.1, -0.05) is 11.8 Å². The molecule has 1 aliphatic carbocycles. The van der Waals surface area contributed by atoms with Crippen LogP contribution in [0.2, 0.25) is 0 Å². The van der Waals surface area contributed by atoms with Crippen LogP contribution in [0, 0.1) is 0 Å².